The molecule has 0 saturated carbocycles. The number of primary amides is 1. The van der Waals surface area contributed by atoms with E-state index in [1.165, 1.54) is 6.07 Å². The van der Waals surface area contributed by atoms with Crippen molar-refractivity contribution in [2.75, 3.05) is 6.54 Å². The molecule has 1 amide bonds. The Labute approximate surface area is 95.0 Å². The predicted molar refractivity (Wildman–Crippen MR) is 61.1 cm³/mol. The lowest BCUT2D eigenvalue weighted by molar-refractivity contribution is -0.119. The Balaban J connectivity index is 2.76. The molecule has 0 unspecified atom stereocenters. The zero-order chi connectivity index (χ0) is 12.1. The number of benzene rings is 1. The van der Waals surface area contributed by atoms with Crippen LogP contribution in [0.1, 0.15) is 19.4 Å². The fraction of sp³-hybridized carbons (Fsp3) is 0.417. The first-order valence-electron chi connectivity index (χ1n) is 5.26. The Hall–Kier alpha value is -1.42. The zero-order valence-electron chi connectivity index (χ0n) is 9.61. The summed E-state index contributed by atoms with van der Waals surface area (Å²) < 4.78 is 13.4. The lowest BCUT2D eigenvalue weighted by Crippen LogP contribution is -2.38. The van der Waals surface area contributed by atoms with Crippen molar-refractivity contribution in [2.45, 2.75) is 26.4 Å². The van der Waals surface area contributed by atoms with Gasteiger partial charge in [-0.15, -0.1) is 0 Å². The quantitative estimate of drug-likeness (QED) is 0.824. The normalized spacial score (nSPS) is 11.1. The number of nitrogens with two attached hydrogens (primary N) is 1. The van der Waals surface area contributed by atoms with Gasteiger partial charge in [-0.1, -0.05) is 18.2 Å². The molecule has 1 aromatic carbocycles. The van der Waals surface area contributed by atoms with Crippen molar-refractivity contribution in [3.63, 3.8) is 0 Å². The average Bonchev–Trinajstić information content (AvgIpc) is 2.19. The number of halogens is 1. The first-order valence-corrected chi connectivity index (χ1v) is 5.26. The second-order valence-corrected chi connectivity index (χ2v) is 4.06. The largest absolute Gasteiger partial charge is 0.369 e. The Morgan fingerprint density at radius 1 is 1.44 bits per heavy atom. The van der Waals surface area contributed by atoms with Crippen molar-refractivity contribution >= 4 is 5.91 Å². The Morgan fingerprint density at radius 2 is 2.06 bits per heavy atom. The predicted octanol–water partition coefficient (Wildman–Crippen LogP) is 1.52. The first-order chi connectivity index (χ1) is 7.50. The van der Waals surface area contributed by atoms with Crippen molar-refractivity contribution in [1.29, 1.82) is 0 Å². The van der Waals surface area contributed by atoms with Gasteiger partial charge in [0, 0.05) is 18.2 Å². The van der Waals surface area contributed by atoms with Gasteiger partial charge in [0.2, 0.25) is 5.91 Å². The highest BCUT2D eigenvalue weighted by molar-refractivity contribution is 5.75. The minimum Gasteiger partial charge on any atom is -0.369 e. The molecule has 1 aromatic rings. The van der Waals surface area contributed by atoms with Gasteiger partial charge < -0.3 is 5.73 Å². The van der Waals surface area contributed by atoms with Crippen LogP contribution >= 0.6 is 0 Å². The van der Waals surface area contributed by atoms with Gasteiger partial charge >= 0.3 is 0 Å². The Bertz CT molecular complexity index is 366. The number of amides is 1. The van der Waals surface area contributed by atoms with E-state index >= 15 is 0 Å². The van der Waals surface area contributed by atoms with Gasteiger partial charge in [0.05, 0.1) is 6.54 Å². The fourth-order valence-electron chi connectivity index (χ4n) is 1.47. The molecule has 0 aliphatic carbocycles. The van der Waals surface area contributed by atoms with Gasteiger partial charge in [0.1, 0.15) is 5.82 Å². The van der Waals surface area contributed by atoms with Crippen LogP contribution in [0.25, 0.3) is 0 Å². The third-order valence-electron chi connectivity index (χ3n) is 2.42. The fourth-order valence-corrected chi connectivity index (χ4v) is 1.47. The number of nitrogens with zero attached hydrogens (tertiary/aromatic N) is 1. The maximum Gasteiger partial charge on any atom is 0.231 e. The molecule has 0 aliphatic rings. The summed E-state index contributed by atoms with van der Waals surface area (Å²) in [6, 6.07) is 6.70. The Kier molecular flexibility index (Phi) is 4.43. The molecule has 0 spiro atoms. The highest BCUT2D eigenvalue weighted by atomic mass is 19.1. The zero-order valence-corrected chi connectivity index (χ0v) is 9.61. The molecule has 16 heavy (non-hydrogen) atoms. The van der Waals surface area contributed by atoms with Crippen LogP contribution in [0.3, 0.4) is 0 Å². The highest BCUT2D eigenvalue weighted by Crippen LogP contribution is 2.11. The van der Waals surface area contributed by atoms with Crippen LogP contribution in [0.5, 0.6) is 0 Å². The molecule has 0 heterocycles. The van der Waals surface area contributed by atoms with Gasteiger partial charge in [-0.2, -0.15) is 0 Å². The van der Waals surface area contributed by atoms with Crippen LogP contribution in [0.15, 0.2) is 24.3 Å². The molecule has 1 rings (SSSR count). The van der Waals surface area contributed by atoms with E-state index in [1.807, 2.05) is 18.7 Å². The summed E-state index contributed by atoms with van der Waals surface area (Å²) >= 11 is 0. The van der Waals surface area contributed by atoms with Crippen LogP contribution in [0.4, 0.5) is 4.39 Å². The smallest absolute Gasteiger partial charge is 0.231 e. The molecule has 3 nitrogen and oxygen atoms in total. The Morgan fingerprint density at radius 3 is 2.56 bits per heavy atom. The third-order valence-corrected chi connectivity index (χ3v) is 2.42. The van der Waals surface area contributed by atoms with E-state index in [2.05, 4.69) is 0 Å². The van der Waals surface area contributed by atoms with Crippen LogP contribution in [-0.4, -0.2) is 23.4 Å². The third kappa shape index (κ3) is 3.62. The maximum atomic E-state index is 13.4. The summed E-state index contributed by atoms with van der Waals surface area (Å²) in [7, 11) is 0. The molecule has 0 saturated heterocycles. The monoisotopic (exact) mass is 224 g/mol. The maximum absolute atomic E-state index is 13.4. The molecule has 0 atom stereocenters. The van der Waals surface area contributed by atoms with Crippen molar-refractivity contribution < 1.29 is 9.18 Å². The number of rotatable bonds is 5. The topological polar surface area (TPSA) is 46.3 Å². The number of carbonyl (C=O) groups is 1. The summed E-state index contributed by atoms with van der Waals surface area (Å²) in [6.07, 6.45) is 0. The SMILES string of the molecule is CC(C)N(CC(N)=O)Cc1ccccc1F. The molecule has 0 fully saturated rings. The average molecular weight is 224 g/mol. The molecule has 0 aliphatic heterocycles. The van der Waals surface area contributed by atoms with Crippen molar-refractivity contribution in [2.24, 2.45) is 5.73 Å². The van der Waals surface area contributed by atoms with Crippen molar-refractivity contribution in [1.82, 2.24) is 4.90 Å². The highest BCUT2D eigenvalue weighted by Gasteiger charge is 2.14. The van der Waals surface area contributed by atoms with Gasteiger partial charge in [-0.3, -0.25) is 9.69 Å². The van der Waals surface area contributed by atoms with Gasteiger partial charge in [0.25, 0.3) is 0 Å². The van der Waals surface area contributed by atoms with Gasteiger partial charge in [0.15, 0.2) is 0 Å². The van der Waals surface area contributed by atoms with Crippen LogP contribution < -0.4 is 5.73 Å². The van der Waals surface area contributed by atoms with Crippen LogP contribution in [0, 0.1) is 5.82 Å². The summed E-state index contributed by atoms with van der Waals surface area (Å²) in [6.45, 7) is 4.44. The molecule has 0 bridgehead atoms. The standard InChI is InChI=1S/C12H17FN2O/c1-9(2)15(8-12(14)16)7-10-5-3-4-6-11(10)13/h3-6,9H,7-8H2,1-2H3,(H2,14,16). The molecular formula is C12H17FN2O. The summed E-state index contributed by atoms with van der Waals surface area (Å²) in [4.78, 5) is 12.7. The minimum atomic E-state index is -0.398. The van der Waals surface area contributed by atoms with E-state index in [0.29, 0.717) is 12.1 Å². The second-order valence-electron chi connectivity index (χ2n) is 4.06. The van der Waals surface area contributed by atoms with E-state index < -0.39 is 5.91 Å². The first kappa shape index (κ1) is 12.6. The summed E-state index contributed by atoms with van der Waals surface area (Å²) in [5, 5.41) is 0. The summed E-state index contributed by atoms with van der Waals surface area (Å²) in [5.41, 5.74) is 5.73. The second kappa shape index (κ2) is 5.61. The number of hydrogen-bond donors (Lipinski definition) is 1. The lowest BCUT2D eigenvalue weighted by atomic mass is 10.1. The van der Waals surface area contributed by atoms with Crippen LogP contribution in [0.2, 0.25) is 0 Å². The molecule has 88 valence electrons. The molecule has 0 aromatic heterocycles. The van der Waals surface area contributed by atoms with E-state index in [-0.39, 0.29) is 18.4 Å². The lowest BCUT2D eigenvalue weighted by Gasteiger charge is -2.25. The molecular weight excluding hydrogens is 207 g/mol. The summed E-state index contributed by atoms with van der Waals surface area (Å²) in [5.74, 6) is -0.650. The van der Waals surface area contributed by atoms with Gasteiger partial charge in [-0.25, -0.2) is 4.39 Å². The minimum absolute atomic E-state index is 0.145. The van der Waals surface area contributed by atoms with E-state index in [0.717, 1.165) is 0 Å². The number of hydrogen-bond acceptors (Lipinski definition) is 2. The number of carbonyl (C=O) groups excluding carboxylic acids is 1. The van der Waals surface area contributed by atoms with Gasteiger partial charge in [-0.05, 0) is 19.9 Å². The van der Waals surface area contributed by atoms with Crippen LogP contribution in [-0.2, 0) is 11.3 Å². The van der Waals surface area contributed by atoms with E-state index in [1.54, 1.807) is 18.2 Å². The van der Waals surface area contributed by atoms with Crippen molar-refractivity contribution in [3.05, 3.63) is 35.6 Å². The van der Waals surface area contributed by atoms with E-state index in [4.69, 9.17) is 5.73 Å². The molecule has 0 radical (unpaired) electrons. The molecule has 4 heteroatoms. The van der Waals surface area contributed by atoms with E-state index in [9.17, 15) is 9.18 Å². The molecule has 2 N–H and O–H groups in total. The van der Waals surface area contributed by atoms with Crippen molar-refractivity contribution in [3.8, 4) is 0 Å².